The van der Waals surface area contributed by atoms with Crippen LogP contribution in [0.3, 0.4) is 0 Å². The molecule has 0 aliphatic carbocycles. The third-order valence-electron chi connectivity index (χ3n) is 8.13. The average molecular weight is 531 g/mol. The van der Waals surface area contributed by atoms with Crippen LogP contribution in [0.1, 0.15) is 72.7 Å². The van der Waals surface area contributed by atoms with E-state index in [0.717, 1.165) is 11.1 Å². The van der Waals surface area contributed by atoms with Crippen molar-refractivity contribution in [3.63, 3.8) is 0 Å². The van der Waals surface area contributed by atoms with Crippen molar-refractivity contribution in [1.82, 2.24) is 0 Å². The number of carbonyl (C=O) groups excluding carboxylic acids is 1. The van der Waals surface area contributed by atoms with Crippen molar-refractivity contribution in [3.8, 4) is 0 Å². The molecule has 6 nitrogen and oxygen atoms in total. The summed E-state index contributed by atoms with van der Waals surface area (Å²) < 4.78 is 25.8. The first-order chi connectivity index (χ1) is 17.3. The van der Waals surface area contributed by atoms with Crippen molar-refractivity contribution in [1.29, 1.82) is 0 Å². The largest absolute Gasteiger partial charge is 0.457 e. The Labute approximate surface area is 224 Å². The van der Waals surface area contributed by atoms with E-state index in [-0.39, 0.29) is 42.2 Å². The zero-order valence-electron chi connectivity index (χ0n) is 23.8. The highest BCUT2D eigenvalue weighted by molar-refractivity contribution is 6.74. The van der Waals surface area contributed by atoms with Crippen molar-refractivity contribution < 1.29 is 28.5 Å². The number of benzene rings is 1. The van der Waals surface area contributed by atoms with Crippen molar-refractivity contribution in [2.45, 2.75) is 109 Å². The molecule has 7 heteroatoms. The summed E-state index contributed by atoms with van der Waals surface area (Å²) in [6.45, 7) is 16.9. The van der Waals surface area contributed by atoms with Gasteiger partial charge in [-0.2, -0.15) is 0 Å². The molecule has 0 spiro atoms. The topological polar surface area (TPSA) is 74.2 Å². The second kappa shape index (κ2) is 12.0. The van der Waals surface area contributed by atoms with E-state index in [4.69, 9.17) is 18.6 Å². The molecule has 0 amide bonds. The Kier molecular flexibility index (Phi) is 9.62. The van der Waals surface area contributed by atoms with Gasteiger partial charge in [-0.3, -0.25) is 4.79 Å². The fourth-order valence-corrected chi connectivity index (χ4v) is 6.08. The number of hydrogen-bond donors (Lipinski definition) is 1. The second-order valence-corrected chi connectivity index (χ2v) is 17.0. The summed E-state index contributed by atoms with van der Waals surface area (Å²) in [7, 11) is -2.14. The van der Waals surface area contributed by atoms with E-state index in [1.807, 2.05) is 56.3 Å². The van der Waals surface area contributed by atoms with Gasteiger partial charge in [0.1, 0.15) is 12.2 Å². The quantitative estimate of drug-likeness (QED) is 0.267. The molecule has 2 aliphatic rings. The minimum Gasteiger partial charge on any atom is -0.457 e. The van der Waals surface area contributed by atoms with E-state index in [0.29, 0.717) is 12.8 Å². The first-order valence-corrected chi connectivity index (χ1v) is 16.4. The van der Waals surface area contributed by atoms with Crippen LogP contribution < -0.4 is 0 Å². The summed E-state index contributed by atoms with van der Waals surface area (Å²) in [5.74, 6) is -0.401. The molecule has 2 heterocycles. The number of carbonyl (C=O) groups is 1. The summed E-state index contributed by atoms with van der Waals surface area (Å²) in [5, 5.41) is 9.49. The lowest BCUT2D eigenvalue weighted by Crippen LogP contribution is -2.45. The maximum Gasteiger partial charge on any atom is 0.308 e. The molecule has 2 aliphatic heterocycles. The molecule has 6 atom stereocenters. The standard InChI is InChI=1S/C30H46O6Si/c1-21-14-15-25-30(6,35-28(33-25)23-12-10-9-11-13-23)18-16-24(36-37(7,8)29(3,4)5)20-26(32)34-27(21)22(2)17-19-31/h9-15,17,21,24-25,27-28,31H,16,18-20H2,1-8H3/b15-14+,22-17+/t21-,24+,25-,27-,28-,30+/m0/s1. The summed E-state index contributed by atoms with van der Waals surface area (Å²) in [5.41, 5.74) is 1.22. The van der Waals surface area contributed by atoms with Gasteiger partial charge in [-0.25, -0.2) is 0 Å². The molecule has 0 unspecified atom stereocenters. The summed E-state index contributed by atoms with van der Waals surface area (Å²) in [6.07, 6.45) is 5.78. The maximum absolute atomic E-state index is 13.2. The lowest BCUT2D eigenvalue weighted by Gasteiger charge is -2.40. The normalized spacial score (nSPS) is 33.2. The number of hydrogen-bond acceptors (Lipinski definition) is 6. The summed E-state index contributed by atoms with van der Waals surface area (Å²) >= 11 is 0. The van der Waals surface area contributed by atoms with Gasteiger partial charge in [0.25, 0.3) is 0 Å². The van der Waals surface area contributed by atoms with Crippen LogP contribution in [0.4, 0.5) is 0 Å². The zero-order valence-corrected chi connectivity index (χ0v) is 24.8. The lowest BCUT2D eigenvalue weighted by atomic mass is 9.89. The van der Waals surface area contributed by atoms with E-state index in [9.17, 15) is 9.90 Å². The minimum absolute atomic E-state index is 0.0125. The molecule has 37 heavy (non-hydrogen) atoms. The smallest absolute Gasteiger partial charge is 0.308 e. The van der Waals surface area contributed by atoms with Crippen molar-refractivity contribution in [2.24, 2.45) is 5.92 Å². The molecule has 1 fully saturated rings. The molecule has 1 saturated heterocycles. The van der Waals surface area contributed by atoms with E-state index in [2.05, 4.69) is 40.8 Å². The van der Waals surface area contributed by atoms with Gasteiger partial charge in [0, 0.05) is 11.5 Å². The third-order valence-corrected chi connectivity index (χ3v) is 12.7. The zero-order chi connectivity index (χ0) is 27.4. The van der Waals surface area contributed by atoms with E-state index < -0.39 is 26.3 Å². The molecule has 3 rings (SSSR count). The summed E-state index contributed by atoms with van der Waals surface area (Å²) in [4.78, 5) is 13.2. The van der Waals surface area contributed by atoms with Gasteiger partial charge >= 0.3 is 5.97 Å². The van der Waals surface area contributed by atoms with Crippen LogP contribution in [0.5, 0.6) is 0 Å². The predicted octanol–water partition coefficient (Wildman–Crippen LogP) is 6.48. The number of ether oxygens (including phenoxy) is 3. The lowest BCUT2D eigenvalue weighted by molar-refractivity contribution is -0.151. The van der Waals surface area contributed by atoms with Gasteiger partial charge in [-0.05, 0) is 50.4 Å². The van der Waals surface area contributed by atoms with Crippen LogP contribution in [0, 0.1) is 5.92 Å². The third kappa shape index (κ3) is 7.42. The predicted molar refractivity (Wildman–Crippen MR) is 148 cm³/mol. The Hall–Kier alpha value is -1.77. The van der Waals surface area contributed by atoms with Crippen LogP contribution in [-0.4, -0.2) is 49.9 Å². The monoisotopic (exact) mass is 530 g/mol. The summed E-state index contributed by atoms with van der Waals surface area (Å²) in [6, 6.07) is 9.99. The van der Waals surface area contributed by atoms with Gasteiger partial charge in [-0.15, -0.1) is 0 Å². The number of rotatable bonds is 5. The fourth-order valence-electron chi connectivity index (χ4n) is 4.69. The molecule has 1 aromatic rings. The van der Waals surface area contributed by atoms with Gasteiger partial charge < -0.3 is 23.7 Å². The van der Waals surface area contributed by atoms with Crippen LogP contribution in [0.25, 0.3) is 0 Å². The number of cyclic esters (lactones) is 1. The molecule has 0 aromatic heterocycles. The number of aliphatic hydroxyl groups excluding tert-OH is 1. The number of fused-ring (bicyclic) bond motifs is 1. The molecule has 0 saturated carbocycles. The van der Waals surface area contributed by atoms with E-state index in [1.165, 1.54) is 0 Å². The van der Waals surface area contributed by atoms with Crippen LogP contribution in [0.15, 0.2) is 54.1 Å². The molecular formula is C30H46O6Si. The van der Waals surface area contributed by atoms with Gasteiger partial charge in [-0.1, -0.05) is 76.3 Å². The highest BCUT2D eigenvalue weighted by Gasteiger charge is 2.47. The highest BCUT2D eigenvalue weighted by atomic mass is 28.4. The first kappa shape index (κ1) is 29.8. The molecule has 0 radical (unpaired) electrons. The molecular weight excluding hydrogens is 484 g/mol. The molecule has 1 aromatic carbocycles. The van der Waals surface area contributed by atoms with Gasteiger partial charge in [0.05, 0.1) is 24.7 Å². The maximum atomic E-state index is 13.2. The van der Waals surface area contributed by atoms with Crippen molar-refractivity contribution in [3.05, 3.63) is 59.7 Å². The van der Waals surface area contributed by atoms with E-state index >= 15 is 0 Å². The van der Waals surface area contributed by atoms with Gasteiger partial charge in [0.2, 0.25) is 0 Å². The fraction of sp³-hybridized carbons (Fsp3) is 0.633. The van der Waals surface area contributed by atoms with Crippen LogP contribution in [-0.2, 0) is 23.4 Å². The Bertz CT molecular complexity index is 966. The highest BCUT2D eigenvalue weighted by Crippen LogP contribution is 2.44. The number of esters is 1. The van der Waals surface area contributed by atoms with Gasteiger partial charge in [0.15, 0.2) is 14.6 Å². The van der Waals surface area contributed by atoms with Crippen molar-refractivity contribution >= 4 is 14.3 Å². The molecule has 1 N–H and O–H groups in total. The second-order valence-electron chi connectivity index (χ2n) is 12.3. The minimum atomic E-state index is -2.14. The number of aliphatic hydroxyl groups is 1. The molecule has 206 valence electrons. The Balaban J connectivity index is 1.97. The van der Waals surface area contributed by atoms with Crippen molar-refractivity contribution in [2.75, 3.05) is 6.61 Å². The first-order valence-electron chi connectivity index (χ1n) is 13.5. The van der Waals surface area contributed by atoms with Crippen LogP contribution >= 0.6 is 0 Å². The Morgan fingerprint density at radius 1 is 1.22 bits per heavy atom. The average Bonchev–Trinajstić information content (AvgIpc) is 3.15. The Morgan fingerprint density at radius 3 is 2.51 bits per heavy atom. The Morgan fingerprint density at radius 2 is 1.89 bits per heavy atom. The SMILES string of the molecule is C/C(=C\CO)[C@H]1OC(=O)C[C@H](O[Si](C)(C)C(C)(C)C)CC[C@@]2(C)O[C@@H](c3ccccc3)O[C@H]2/C=C/[C@@H]1C. The molecule has 0 bridgehead atoms. The van der Waals surface area contributed by atoms with E-state index in [1.54, 1.807) is 6.08 Å². The van der Waals surface area contributed by atoms with Crippen LogP contribution in [0.2, 0.25) is 18.1 Å².